The van der Waals surface area contributed by atoms with Gasteiger partial charge in [-0.2, -0.15) is 0 Å². The number of nitrogens with zero attached hydrogens (tertiary/aromatic N) is 1. The van der Waals surface area contributed by atoms with E-state index in [0.717, 1.165) is 18.5 Å². The largest absolute Gasteiger partial charge is 0.448 e. The highest BCUT2D eigenvalue weighted by molar-refractivity contribution is 5.99. The first-order valence-corrected chi connectivity index (χ1v) is 7.99. The number of rotatable bonds is 1. The Labute approximate surface area is 129 Å². The number of hydrogen-bond donors (Lipinski definition) is 0. The first-order valence-electron chi connectivity index (χ1n) is 7.99. The minimum absolute atomic E-state index is 0.0932. The van der Waals surface area contributed by atoms with Crippen LogP contribution in [0.15, 0.2) is 22.6 Å². The van der Waals surface area contributed by atoms with Gasteiger partial charge in [-0.1, -0.05) is 18.6 Å². The number of aryl methyl sites for hydroxylation is 1. The molecule has 2 aromatic rings. The number of para-hydroxylation sites is 1. The monoisotopic (exact) mass is 301 g/mol. The molecule has 2 fully saturated rings. The second-order valence-corrected chi connectivity index (χ2v) is 7.01. The molecule has 1 atom stereocenters. The Hall–Kier alpha value is -1.84. The molecule has 1 aromatic carbocycles. The van der Waals surface area contributed by atoms with Gasteiger partial charge in [0, 0.05) is 23.5 Å². The van der Waals surface area contributed by atoms with Crippen LogP contribution in [-0.4, -0.2) is 23.4 Å². The van der Waals surface area contributed by atoms with E-state index in [-0.39, 0.29) is 17.5 Å². The van der Waals surface area contributed by atoms with Crippen molar-refractivity contribution in [3.8, 4) is 0 Å². The molecular weight excluding hydrogens is 281 g/mol. The van der Waals surface area contributed by atoms with E-state index in [0.29, 0.717) is 16.6 Å². The zero-order chi connectivity index (χ0) is 15.5. The third-order valence-electron chi connectivity index (χ3n) is 5.55. The Morgan fingerprint density at radius 1 is 1.41 bits per heavy atom. The maximum Gasteiger partial charge on any atom is 0.290 e. The van der Waals surface area contributed by atoms with Gasteiger partial charge in [-0.25, -0.2) is 4.39 Å². The molecule has 22 heavy (non-hydrogen) atoms. The van der Waals surface area contributed by atoms with Crippen LogP contribution in [0.3, 0.4) is 0 Å². The average Bonchev–Trinajstić information content (AvgIpc) is 2.98. The van der Waals surface area contributed by atoms with Crippen molar-refractivity contribution >= 4 is 16.9 Å². The van der Waals surface area contributed by atoms with Gasteiger partial charge in [-0.05, 0) is 44.6 Å². The van der Waals surface area contributed by atoms with Crippen molar-refractivity contribution in [1.29, 1.82) is 0 Å². The van der Waals surface area contributed by atoms with Gasteiger partial charge in [0.1, 0.15) is 0 Å². The highest BCUT2D eigenvalue weighted by atomic mass is 19.1. The summed E-state index contributed by atoms with van der Waals surface area (Å²) in [6.07, 6.45) is 4.78. The molecule has 2 heterocycles. The predicted octanol–water partition coefficient (Wildman–Crippen LogP) is 4.29. The minimum atomic E-state index is -0.412. The topological polar surface area (TPSA) is 33.5 Å². The van der Waals surface area contributed by atoms with E-state index < -0.39 is 5.82 Å². The van der Waals surface area contributed by atoms with E-state index in [1.54, 1.807) is 12.1 Å². The van der Waals surface area contributed by atoms with E-state index in [1.165, 1.54) is 25.3 Å². The summed E-state index contributed by atoms with van der Waals surface area (Å²) < 4.78 is 19.5. The van der Waals surface area contributed by atoms with Crippen LogP contribution in [0.4, 0.5) is 4.39 Å². The normalized spacial score (nSPS) is 23.2. The zero-order valence-corrected chi connectivity index (χ0v) is 13.0. The van der Waals surface area contributed by atoms with E-state index in [9.17, 15) is 9.18 Å². The quantitative estimate of drug-likeness (QED) is 0.787. The Kier molecular flexibility index (Phi) is 2.87. The van der Waals surface area contributed by atoms with Crippen LogP contribution in [0.2, 0.25) is 0 Å². The van der Waals surface area contributed by atoms with Crippen LogP contribution in [0.1, 0.15) is 48.7 Å². The fourth-order valence-electron chi connectivity index (χ4n) is 4.17. The molecule has 4 heteroatoms. The van der Waals surface area contributed by atoms with Crippen molar-refractivity contribution in [1.82, 2.24) is 4.90 Å². The van der Waals surface area contributed by atoms with Crippen LogP contribution >= 0.6 is 0 Å². The lowest BCUT2D eigenvalue weighted by Gasteiger charge is -2.37. The fraction of sp³-hybridized carbons (Fsp3) is 0.500. The summed E-state index contributed by atoms with van der Waals surface area (Å²) in [4.78, 5) is 14.8. The first-order chi connectivity index (χ1) is 10.5. The minimum Gasteiger partial charge on any atom is -0.448 e. The lowest BCUT2D eigenvalue weighted by molar-refractivity contribution is 0.0670. The molecule has 1 saturated carbocycles. The average molecular weight is 301 g/mol. The third-order valence-corrected chi connectivity index (χ3v) is 5.55. The lowest BCUT2D eigenvalue weighted by Crippen LogP contribution is -2.37. The Morgan fingerprint density at radius 3 is 2.77 bits per heavy atom. The highest BCUT2D eigenvalue weighted by Crippen LogP contribution is 2.50. The zero-order valence-electron chi connectivity index (χ0n) is 13.0. The van der Waals surface area contributed by atoms with Crippen molar-refractivity contribution in [3.05, 3.63) is 35.3 Å². The number of likely N-dealkylation sites (tertiary alicyclic amines) is 1. The van der Waals surface area contributed by atoms with Gasteiger partial charge in [-0.15, -0.1) is 0 Å². The number of amides is 1. The van der Waals surface area contributed by atoms with Gasteiger partial charge < -0.3 is 9.32 Å². The lowest BCUT2D eigenvalue weighted by atomic mass is 9.68. The summed E-state index contributed by atoms with van der Waals surface area (Å²) in [5.74, 6) is -0.211. The molecule has 1 aliphatic heterocycles. The Morgan fingerprint density at radius 2 is 2.18 bits per heavy atom. The highest BCUT2D eigenvalue weighted by Gasteiger charge is 2.48. The standard InChI is InChI=1S/C18H20FNO2/c1-11-9-18(7-4-8-18)10-20(11)17(21)15-12(2)13-5-3-6-14(19)16(13)22-15/h3,5-6,11H,4,7-10H2,1-2H3/t11-/m1/s1. The Balaban J connectivity index is 1.71. The second kappa shape index (κ2) is 4.58. The van der Waals surface area contributed by atoms with E-state index in [2.05, 4.69) is 6.92 Å². The van der Waals surface area contributed by atoms with Gasteiger partial charge >= 0.3 is 0 Å². The van der Waals surface area contributed by atoms with Crippen LogP contribution in [0.25, 0.3) is 11.0 Å². The molecule has 1 aliphatic carbocycles. The maximum absolute atomic E-state index is 13.9. The van der Waals surface area contributed by atoms with E-state index >= 15 is 0 Å². The molecule has 0 radical (unpaired) electrons. The third kappa shape index (κ3) is 1.82. The molecule has 1 amide bonds. The molecular formula is C18H20FNO2. The van der Waals surface area contributed by atoms with Gasteiger partial charge in [0.2, 0.25) is 0 Å². The summed E-state index contributed by atoms with van der Waals surface area (Å²) in [5, 5.41) is 0.688. The molecule has 1 aromatic heterocycles. The van der Waals surface area contributed by atoms with Gasteiger partial charge in [-0.3, -0.25) is 4.79 Å². The maximum atomic E-state index is 13.9. The van der Waals surface area contributed by atoms with Crippen LogP contribution in [-0.2, 0) is 0 Å². The van der Waals surface area contributed by atoms with Gasteiger partial charge in [0.25, 0.3) is 5.91 Å². The van der Waals surface area contributed by atoms with Crippen molar-refractivity contribution in [3.63, 3.8) is 0 Å². The van der Waals surface area contributed by atoms with Crippen molar-refractivity contribution in [2.24, 2.45) is 5.41 Å². The van der Waals surface area contributed by atoms with Crippen LogP contribution < -0.4 is 0 Å². The molecule has 3 nitrogen and oxygen atoms in total. The van der Waals surface area contributed by atoms with Crippen LogP contribution in [0, 0.1) is 18.2 Å². The first kappa shape index (κ1) is 13.8. The van der Waals surface area contributed by atoms with Gasteiger partial charge in [0.15, 0.2) is 17.2 Å². The smallest absolute Gasteiger partial charge is 0.290 e. The molecule has 0 N–H and O–H groups in total. The summed E-state index contributed by atoms with van der Waals surface area (Å²) in [5.41, 5.74) is 1.26. The number of hydrogen-bond acceptors (Lipinski definition) is 2. The summed E-state index contributed by atoms with van der Waals surface area (Å²) >= 11 is 0. The second-order valence-electron chi connectivity index (χ2n) is 7.01. The summed E-state index contributed by atoms with van der Waals surface area (Å²) in [7, 11) is 0. The fourth-order valence-corrected chi connectivity index (χ4v) is 4.17. The van der Waals surface area contributed by atoms with Crippen molar-refractivity contribution in [2.75, 3.05) is 6.54 Å². The summed E-state index contributed by atoms with van der Waals surface area (Å²) in [6.45, 7) is 4.74. The van der Waals surface area contributed by atoms with Crippen molar-refractivity contribution < 1.29 is 13.6 Å². The molecule has 0 unspecified atom stereocenters. The molecule has 116 valence electrons. The van der Waals surface area contributed by atoms with Crippen LogP contribution in [0.5, 0.6) is 0 Å². The summed E-state index contributed by atoms with van der Waals surface area (Å²) in [6, 6.07) is 5.04. The number of carbonyl (C=O) groups excluding carboxylic acids is 1. The molecule has 1 saturated heterocycles. The van der Waals surface area contributed by atoms with E-state index in [1.807, 2.05) is 11.8 Å². The molecule has 2 aliphatic rings. The number of fused-ring (bicyclic) bond motifs is 1. The number of benzene rings is 1. The number of halogens is 1. The van der Waals surface area contributed by atoms with Crippen molar-refractivity contribution in [2.45, 2.75) is 45.6 Å². The molecule has 1 spiro atoms. The predicted molar refractivity (Wildman–Crippen MR) is 82.3 cm³/mol. The molecule has 0 bridgehead atoms. The SMILES string of the molecule is Cc1c(C(=O)N2CC3(CCC3)C[C@H]2C)oc2c(F)cccc12. The van der Waals surface area contributed by atoms with Gasteiger partial charge in [0.05, 0.1) is 0 Å². The number of furan rings is 1. The molecule has 4 rings (SSSR count). The van der Waals surface area contributed by atoms with E-state index in [4.69, 9.17) is 4.42 Å². The number of carbonyl (C=O) groups is 1. The Bertz CT molecular complexity index is 760.